The molecule has 1 aliphatic rings. The first-order valence-electron chi connectivity index (χ1n) is 8.18. The summed E-state index contributed by atoms with van der Waals surface area (Å²) in [5.74, 6) is 0. The van der Waals surface area contributed by atoms with Crippen LogP contribution in [-0.2, 0) is 4.74 Å². The summed E-state index contributed by atoms with van der Waals surface area (Å²) >= 11 is 0. The van der Waals surface area contributed by atoms with Crippen molar-refractivity contribution in [2.45, 2.75) is 58.3 Å². The molecule has 118 valence electrons. The van der Waals surface area contributed by atoms with Gasteiger partial charge in [-0.2, -0.15) is 0 Å². The highest BCUT2D eigenvalue weighted by atomic mass is 16.5. The van der Waals surface area contributed by atoms with E-state index in [1.165, 1.54) is 18.5 Å². The molecule has 0 saturated carbocycles. The minimum Gasteiger partial charge on any atom is -0.372 e. The molecule has 2 unspecified atom stereocenters. The average Bonchev–Trinajstić information content (AvgIpc) is 2.90. The zero-order valence-electron chi connectivity index (χ0n) is 13.9. The van der Waals surface area contributed by atoms with E-state index < -0.39 is 0 Å². The quantitative estimate of drug-likeness (QED) is 0.868. The molecule has 2 atom stereocenters. The van der Waals surface area contributed by atoms with Gasteiger partial charge in [-0.05, 0) is 52.7 Å². The van der Waals surface area contributed by atoms with Crippen LogP contribution < -0.4 is 10.2 Å². The Balaban J connectivity index is 1.81. The van der Waals surface area contributed by atoms with Crippen molar-refractivity contribution in [3.8, 4) is 0 Å². The van der Waals surface area contributed by atoms with E-state index in [0.29, 0.717) is 12.2 Å². The van der Waals surface area contributed by atoms with E-state index in [2.05, 4.69) is 68.2 Å². The second-order valence-electron chi connectivity index (χ2n) is 6.96. The Kier molecular flexibility index (Phi) is 5.65. The van der Waals surface area contributed by atoms with Gasteiger partial charge in [-0.25, -0.2) is 0 Å². The average molecular weight is 290 g/mol. The van der Waals surface area contributed by atoms with Crippen molar-refractivity contribution < 1.29 is 4.74 Å². The Morgan fingerprint density at radius 3 is 2.43 bits per heavy atom. The number of nitrogens with zero attached hydrogens (tertiary/aromatic N) is 1. The maximum Gasteiger partial charge on any atom is 0.0755 e. The topological polar surface area (TPSA) is 24.5 Å². The summed E-state index contributed by atoms with van der Waals surface area (Å²) < 4.78 is 6.21. The maximum atomic E-state index is 6.21. The number of likely N-dealkylation sites (N-methyl/N-ethyl adjacent to an activating group) is 1. The molecular formula is C18H30N2O. The van der Waals surface area contributed by atoms with E-state index in [1.54, 1.807) is 0 Å². The van der Waals surface area contributed by atoms with Crippen LogP contribution in [0.1, 0.15) is 40.5 Å². The maximum absolute atomic E-state index is 6.21. The Hall–Kier alpha value is -1.06. The van der Waals surface area contributed by atoms with E-state index in [1.807, 2.05) is 0 Å². The highest BCUT2D eigenvalue weighted by Crippen LogP contribution is 2.23. The summed E-state index contributed by atoms with van der Waals surface area (Å²) in [5, 5.41) is 3.54. The van der Waals surface area contributed by atoms with Crippen LogP contribution >= 0.6 is 0 Å². The van der Waals surface area contributed by atoms with Gasteiger partial charge in [0, 0.05) is 30.9 Å². The fourth-order valence-corrected chi connectivity index (χ4v) is 2.79. The minimum atomic E-state index is 0.168. The SMILES string of the molecule is CCN(CC1CCC(CNC(C)(C)C)O1)c1ccccc1. The Morgan fingerprint density at radius 1 is 1.14 bits per heavy atom. The first-order chi connectivity index (χ1) is 9.98. The van der Waals surface area contributed by atoms with Gasteiger partial charge in [0.15, 0.2) is 0 Å². The Morgan fingerprint density at radius 2 is 1.81 bits per heavy atom. The zero-order valence-corrected chi connectivity index (χ0v) is 13.9. The lowest BCUT2D eigenvalue weighted by Gasteiger charge is -2.27. The molecule has 0 aliphatic carbocycles. The van der Waals surface area contributed by atoms with E-state index >= 15 is 0 Å². The van der Waals surface area contributed by atoms with Crippen LogP contribution in [0.15, 0.2) is 30.3 Å². The monoisotopic (exact) mass is 290 g/mol. The first-order valence-corrected chi connectivity index (χ1v) is 8.18. The van der Waals surface area contributed by atoms with E-state index in [-0.39, 0.29) is 5.54 Å². The lowest BCUT2D eigenvalue weighted by Crippen LogP contribution is -2.41. The number of nitrogens with one attached hydrogen (secondary N) is 1. The molecule has 21 heavy (non-hydrogen) atoms. The number of hydrogen-bond donors (Lipinski definition) is 1. The predicted octanol–water partition coefficient (Wildman–Crippen LogP) is 3.45. The van der Waals surface area contributed by atoms with Crippen LogP contribution in [0.2, 0.25) is 0 Å². The number of ether oxygens (including phenoxy) is 1. The van der Waals surface area contributed by atoms with Crippen molar-refractivity contribution in [2.24, 2.45) is 0 Å². The predicted molar refractivity (Wildman–Crippen MR) is 90.0 cm³/mol. The van der Waals surface area contributed by atoms with Crippen LogP contribution in [0, 0.1) is 0 Å². The molecule has 0 bridgehead atoms. The lowest BCUT2D eigenvalue weighted by atomic mass is 10.1. The largest absolute Gasteiger partial charge is 0.372 e. The van der Waals surface area contributed by atoms with Crippen molar-refractivity contribution in [3.63, 3.8) is 0 Å². The van der Waals surface area contributed by atoms with Gasteiger partial charge < -0.3 is 15.0 Å². The fourth-order valence-electron chi connectivity index (χ4n) is 2.79. The van der Waals surface area contributed by atoms with Gasteiger partial charge in [-0.15, -0.1) is 0 Å². The van der Waals surface area contributed by atoms with Crippen molar-refractivity contribution in [2.75, 3.05) is 24.5 Å². The van der Waals surface area contributed by atoms with E-state index in [4.69, 9.17) is 4.74 Å². The molecule has 3 nitrogen and oxygen atoms in total. The van der Waals surface area contributed by atoms with E-state index in [9.17, 15) is 0 Å². The van der Waals surface area contributed by atoms with E-state index in [0.717, 1.165) is 19.6 Å². The Bertz CT molecular complexity index is 413. The van der Waals surface area contributed by atoms with Gasteiger partial charge >= 0.3 is 0 Å². The third kappa shape index (κ3) is 5.33. The molecule has 1 N–H and O–H groups in total. The molecule has 0 aromatic heterocycles. The van der Waals surface area contributed by atoms with Gasteiger partial charge in [0.2, 0.25) is 0 Å². The molecule has 1 aliphatic heterocycles. The third-order valence-corrected chi connectivity index (χ3v) is 3.98. The molecule has 1 aromatic carbocycles. The summed E-state index contributed by atoms with van der Waals surface area (Å²) in [4.78, 5) is 2.41. The molecule has 0 spiro atoms. The van der Waals surface area contributed by atoms with Gasteiger partial charge in [-0.3, -0.25) is 0 Å². The van der Waals surface area contributed by atoms with Crippen LogP contribution in [-0.4, -0.2) is 37.4 Å². The minimum absolute atomic E-state index is 0.168. The van der Waals surface area contributed by atoms with Gasteiger partial charge in [0.25, 0.3) is 0 Å². The number of para-hydroxylation sites is 1. The fraction of sp³-hybridized carbons (Fsp3) is 0.667. The molecule has 2 rings (SSSR count). The third-order valence-electron chi connectivity index (χ3n) is 3.98. The smallest absolute Gasteiger partial charge is 0.0755 e. The van der Waals surface area contributed by atoms with Crippen molar-refractivity contribution >= 4 is 5.69 Å². The van der Waals surface area contributed by atoms with Crippen LogP contribution in [0.3, 0.4) is 0 Å². The summed E-state index contributed by atoms with van der Waals surface area (Å²) in [7, 11) is 0. The van der Waals surface area contributed by atoms with Gasteiger partial charge in [-0.1, -0.05) is 18.2 Å². The van der Waals surface area contributed by atoms with Crippen LogP contribution in [0.4, 0.5) is 5.69 Å². The Labute approximate surface area is 129 Å². The number of hydrogen-bond acceptors (Lipinski definition) is 3. The normalized spacial score (nSPS) is 22.5. The zero-order chi connectivity index (χ0) is 15.3. The molecular weight excluding hydrogens is 260 g/mol. The summed E-state index contributed by atoms with van der Waals surface area (Å²) in [5.41, 5.74) is 1.46. The number of benzene rings is 1. The van der Waals surface area contributed by atoms with Crippen molar-refractivity contribution in [1.29, 1.82) is 0 Å². The molecule has 3 heteroatoms. The standard InChI is InChI=1S/C18H30N2O/c1-5-20(15-9-7-6-8-10-15)14-17-12-11-16(21-17)13-19-18(2,3)4/h6-10,16-17,19H,5,11-14H2,1-4H3. The number of rotatable bonds is 6. The van der Waals surface area contributed by atoms with Gasteiger partial charge in [0.1, 0.15) is 0 Å². The summed E-state index contributed by atoms with van der Waals surface area (Å²) in [6, 6.07) is 10.6. The number of anilines is 1. The molecule has 1 saturated heterocycles. The van der Waals surface area contributed by atoms with Crippen LogP contribution in [0.5, 0.6) is 0 Å². The highest BCUT2D eigenvalue weighted by Gasteiger charge is 2.27. The van der Waals surface area contributed by atoms with Crippen LogP contribution in [0.25, 0.3) is 0 Å². The highest BCUT2D eigenvalue weighted by molar-refractivity contribution is 5.45. The molecule has 1 heterocycles. The first kappa shape index (κ1) is 16.3. The molecule has 0 amide bonds. The summed E-state index contributed by atoms with van der Waals surface area (Å²) in [6.07, 6.45) is 3.06. The molecule has 1 aromatic rings. The molecule has 0 radical (unpaired) electrons. The summed E-state index contributed by atoms with van der Waals surface area (Å²) in [6.45, 7) is 11.8. The second-order valence-corrected chi connectivity index (χ2v) is 6.96. The van der Waals surface area contributed by atoms with Crippen molar-refractivity contribution in [1.82, 2.24) is 5.32 Å². The van der Waals surface area contributed by atoms with Gasteiger partial charge in [0.05, 0.1) is 12.2 Å². The second kappa shape index (κ2) is 7.28. The van der Waals surface area contributed by atoms with Crippen molar-refractivity contribution in [3.05, 3.63) is 30.3 Å². The lowest BCUT2D eigenvalue weighted by molar-refractivity contribution is 0.0460. The molecule has 1 fully saturated rings.